The summed E-state index contributed by atoms with van der Waals surface area (Å²) in [5.41, 5.74) is 7.31. The molecule has 4 heterocycles. The average molecular weight is 417 g/mol. The molecule has 0 radical (unpaired) electrons. The SMILES string of the molecule is O=c1[nH]nc(-c2ccncc2)cc1-c1[nH]c2cc(CN3C=CC=CN3)ccc2c1Cl. The molecule has 0 saturated heterocycles. The normalized spacial score (nSPS) is 13.0. The fraction of sp³-hybridized carbons (Fsp3) is 0.0455. The highest BCUT2D eigenvalue weighted by atomic mass is 35.5. The second-order valence-corrected chi connectivity index (χ2v) is 7.26. The van der Waals surface area contributed by atoms with E-state index < -0.39 is 0 Å². The second-order valence-electron chi connectivity index (χ2n) is 6.88. The van der Waals surface area contributed by atoms with Gasteiger partial charge in [-0.15, -0.1) is 0 Å². The Hall–Kier alpha value is -3.84. The highest BCUT2D eigenvalue weighted by Crippen LogP contribution is 2.34. The summed E-state index contributed by atoms with van der Waals surface area (Å²) in [5.74, 6) is 0. The number of aromatic nitrogens is 4. The number of H-pyrrole nitrogens is 2. The van der Waals surface area contributed by atoms with Crippen LogP contribution < -0.4 is 11.0 Å². The zero-order valence-electron chi connectivity index (χ0n) is 15.8. The first-order valence-corrected chi connectivity index (χ1v) is 9.73. The Morgan fingerprint density at radius 1 is 1.07 bits per heavy atom. The van der Waals surface area contributed by atoms with Gasteiger partial charge in [0.1, 0.15) is 0 Å². The zero-order valence-corrected chi connectivity index (χ0v) is 16.5. The van der Waals surface area contributed by atoms with Crippen molar-refractivity contribution in [3.63, 3.8) is 0 Å². The molecule has 5 rings (SSSR count). The molecule has 0 spiro atoms. The van der Waals surface area contributed by atoms with Gasteiger partial charge < -0.3 is 10.4 Å². The van der Waals surface area contributed by atoms with Crippen molar-refractivity contribution < 1.29 is 0 Å². The van der Waals surface area contributed by atoms with Crippen LogP contribution in [0.3, 0.4) is 0 Å². The molecule has 4 aromatic rings. The van der Waals surface area contributed by atoms with Crippen LogP contribution in [0.4, 0.5) is 0 Å². The highest BCUT2D eigenvalue weighted by molar-refractivity contribution is 6.38. The van der Waals surface area contributed by atoms with E-state index in [1.165, 1.54) is 0 Å². The number of hydrogen-bond acceptors (Lipinski definition) is 5. The smallest absolute Gasteiger partial charge is 0.273 e. The van der Waals surface area contributed by atoms with Gasteiger partial charge in [-0.3, -0.25) is 14.8 Å². The molecule has 0 fully saturated rings. The van der Waals surface area contributed by atoms with Crippen molar-refractivity contribution in [1.82, 2.24) is 30.6 Å². The molecule has 0 saturated carbocycles. The number of pyridine rings is 1. The number of allylic oxidation sites excluding steroid dienone is 2. The van der Waals surface area contributed by atoms with Crippen LogP contribution in [0.25, 0.3) is 33.4 Å². The first kappa shape index (κ1) is 18.2. The van der Waals surface area contributed by atoms with E-state index >= 15 is 0 Å². The number of halogens is 1. The third-order valence-corrected chi connectivity index (χ3v) is 5.31. The van der Waals surface area contributed by atoms with E-state index in [1.807, 2.05) is 59.9 Å². The van der Waals surface area contributed by atoms with Crippen molar-refractivity contribution in [3.8, 4) is 22.5 Å². The van der Waals surface area contributed by atoms with Crippen LogP contribution >= 0.6 is 11.6 Å². The quantitative estimate of drug-likeness (QED) is 0.468. The Bertz CT molecular complexity index is 1340. The van der Waals surface area contributed by atoms with Crippen molar-refractivity contribution >= 4 is 22.5 Å². The van der Waals surface area contributed by atoms with E-state index in [0.717, 1.165) is 22.0 Å². The fourth-order valence-electron chi connectivity index (χ4n) is 3.44. The van der Waals surface area contributed by atoms with Crippen LogP contribution in [0, 0.1) is 0 Å². The van der Waals surface area contributed by atoms with E-state index in [4.69, 9.17) is 11.6 Å². The molecular formula is C22H17ClN6O. The van der Waals surface area contributed by atoms with Gasteiger partial charge in [-0.1, -0.05) is 23.7 Å². The molecule has 0 unspecified atom stereocenters. The molecule has 1 aliphatic rings. The average Bonchev–Trinajstić information content (AvgIpc) is 3.11. The Labute approximate surface area is 176 Å². The van der Waals surface area contributed by atoms with E-state index in [-0.39, 0.29) is 5.56 Å². The molecule has 148 valence electrons. The van der Waals surface area contributed by atoms with E-state index in [0.29, 0.717) is 28.5 Å². The largest absolute Gasteiger partial charge is 0.353 e. The first-order chi connectivity index (χ1) is 14.7. The first-order valence-electron chi connectivity index (χ1n) is 9.36. The Kier molecular flexibility index (Phi) is 4.57. The van der Waals surface area contributed by atoms with Gasteiger partial charge in [-0.25, -0.2) is 5.10 Å². The van der Waals surface area contributed by atoms with Crippen molar-refractivity contribution in [2.24, 2.45) is 0 Å². The predicted molar refractivity (Wildman–Crippen MR) is 117 cm³/mol. The number of benzene rings is 1. The monoisotopic (exact) mass is 416 g/mol. The Morgan fingerprint density at radius 3 is 2.73 bits per heavy atom. The second kappa shape index (κ2) is 7.53. The fourth-order valence-corrected chi connectivity index (χ4v) is 3.76. The maximum atomic E-state index is 12.5. The van der Waals surface area contributed by atoms with E-state index in [9.17, 15) is 4.79 Å². The predicted octanol–water partition coefficient (Wildman–Crippen LogP) is 3.98. The summed E-state index contributed by atoms with van der Waals surface area (Å²) in [6.07, 6.45) is 11.1. The number of rotatable bonds is 4. The van der Waals surface area contributed by atoms with Crippen LogP contribution in [0.2, 0.25) is 5.02 Å². The molecule has 0 aliphatic carbocycles. The number of aromatic amines is 2. The summed E-state index contributed by atoms with van der Waals surface area (Å²) in [6.45, 7) is 0.685. The minimum Gasteiger partial charge on any atom is -0.353 e. The Balaban J connectivity index is 1.54. The number of hydrogen-bond donors (Lipinski definition) is 3. The molecule has 7 nitrogen and oxygen atoms in total. The zero-order chi connectivity index (χ0) is 20.5. The molecular weight excluding hydrogens is 400 g/mol. The van der Waals surface area contributed by atoms with Crippen molar-refractivity contribution in [2.75, 3.05) is 0 Å². The van der Waals surface area contributed by atoms with Gasteiger partial charge >= 0.3 is 0 Å². The molecule has 3 aromatic heterocycles. The van der Waals surface area contributed by atoms with Gasteiger partial charge in [0.2, 0.25) is 0 Å². The summed E-state index contributed by atoms with van der Waals surface area (Å²) in [7, 11) is 0. The summed E-state index contributed by atoms with van der Waals surface area (Å²) in [4.78, 5) is 19.9. The van der Waals surface area contributed by atoms with Gasteiger partial charge in [-0.2, -0.15) is 5.10 Å². The van der Waals surface area contributed by atoms with Crippen molar-refractivity contribution in [2.45, 2.75) is 6.54 Å². The van der Waals surface area contributed by atoms with Crippen LogP contribution in [0.5, 0.6) is 0 Å². The molecule has 3 N–H and O–H groups in total. The molecule has 8 heteroatoms. The topological polar surface area (TPSA) is 89.7 Å². The van der Waals surface area contributed by atoms with E-state index in [2.05, 4.69) is 25.6 Å². The van der Waals surface area contributed by atoms with E-state index in [1.54, 1.807) is 18.5 Å². The van der Waals surface area contributed by atoms with Crippen molar-refractivity contribution in [1.29, 1.82) is 0 Å². The maximum Gasteiger partial charge on any atom is 0.273 e. The van der Waals surface area contributed by atoms with Gasteiger partial charge in [0.25, 0.3) is 5.56 Å². The number of nitrogens with one attached hydrogen (secondary N) is 3. The summed E-state index contributed by atoms with van der Waals surface area (Å²) in [6, 6.07) is 11.4. The third kappa shape index (κ3) is 3.35. The highest BCUT2D eigenvalue weighted by Gasteiger charge is 2.16. The van der Waals surface area contributed by atoms with Gasteiger partial charge in [0, 0.05) is 41.3 Å². The minimum absolute atomic E-state index is 0.309. The lowest BCUT2D eigenvalue weighted by Gasteiger charge is -2.22. The number of hydrazine groups is 1. The van der Waals surface area contributed by atoms with Crippen LogP contribution in [0.1, 0.15) is 5.56 Å². The number of nitrogens with zero attached hydrogens (tertiary/aromatic N) is 3. The molecule has 30 heavy (non-hydrogen) atoms. The van der Waals surface area contributed by atoms with Crippen LogP contribution in [-0.2, 0) is 6.54 Å². The maximum absolute atomic E-state index is 12.5. The lowest BCUT2D eigenvalue weighted by molar-refractivity contribution is 0.304. The van der Waals surface area contributed by atoms with Crippen LogP contribution in [0.15, 0.2) is 78.1 Å². The van der Waals surface area contributed by atoms with Gasteiger partial charge in [-0.05, 0) is 42.0 Å². The summed E-state index contributed by atoms with van der Waals surface area (Å²) >= 11 is 6.65. The summed E-state index contributed by atoms with van der Waals surface area (Å²) in [5, 5.41) is 10.1. The Morgan fingerprint density at radius 2 is 1.93 bits per heavy atom. The standard InChI is InChI=1S/C22H17ClN6O/c23-20-16-4-3-14(13-29-10-2-1-7-25-29)11-19(16)26-21(20)17-12-18(27-28-22(17)30)15-5-8-24-9-6-15/h1-12,25-26H,13H2,(H,28,30). The lowest BCUT2D eigenvalue weighted by Crippen LogP contribution is -2.29. The lowest BCUT2D eigenvalue weighted by atomic mass is 10.1. The molecule has 1 aromatic carbocycles. The number of fused-ring (bicyclic) bond motifs is 1. The van der Waals surface area contributed by atoms with Crippen LogP contribution in [-0.4, -0.2) is 25.2 Å². The minimum atomic E-state index is -0.309. The molecule has 0 amide bonds. The van der Waals surface area contributed by atoms with Crippen molar-refractivity contribution in [3.05, 3.63) is 94.3 Å². The molecule has 0 bridgehead atoms. The molecule has 1 aliphatic heterocycles. The summed E-state index contributed by atoms with van der Waals surface area (Å²) < 4.78 is 0. The van der Waals surface area contributed by atoms with Gasteiger partial charge in [0.15, 0.2) is 0 Å². The third-order valence-electron chi connectivity index (χ3n) is 4.92. The van der Waals surface area contributed by atoms with Gasteiger partial charge in [0.05, 0.1) is 28.5 Å². The molecule has 0 atom stereocenters.